The molecule has 28 heavy (non-hydrogen) atoms. The van der Waals surface area contributed by atoms with E-state index in [1.165, 1.54) is 26.2 Å². The number of carbonyl (C=O) groups excluding carboxylic acids is 1. The van der Waals surface area contributed by atoms with Crippen molar-refractivity contribution in [3.05, 3.63) is 76.5 Å². The topological polar surface area (TPSA) is 79.6 Å². The second kappa shape index (κ2) is 8.30. The van der Waals surface area contributed by atoms with Gasteiger partial charge in [0.1, 0.15) is 11.5 Å². The van der Waals surface area contributed by atoms with Crippen LogP contribution in [0.1, 0.15) is 16.1 Å². The second-order valence-corrected chi connectivity index (χ2v) is 9.34. The van der Waals surface area contributed by atoms with Crippen molar-refractivity contribution in [2.75, 3.05) is 14.1 Å². The molecule has 0 bridgehead atoms. The molecule has 3 aromatic rings. The van der Waals surface area contributed by atoms with Crippen molar-refractivity contribution in [1.82, 2.24) is 9.62 Å². The number of hydrogen-bond acceptors (Lipinski definition) is 4. The second-order valence-electron chi connectivity index (χ2n) is 6.27. The fraction of sp³-hybridized carbons (Fsp3) is 0.150. The molecule has 0 aliphatic carbocycles. The third-order valence-electron chi connectivity index (χ3n) is 4.09. The van der Waals surface area contributed by atoms with Gasteiger partial charge in [-0.25, -0.2) is 12.7 Å². The zero-order chi connectivity index (χ0) is 20.3. The van der Waals surface area contributed by atoms with Gasteiger partial charge >= 0.3 is 0 Å². The predicted molar refractivity (Wildman–Crippen MR) is 110 cm³/mol. The molecule has 1 aromatic heterocycles. The van der Waals surface area contributed by atoms with Gasteiger partial charge in [-0.3, -0.25) is 4.79 Å². The summed E-state index contributed by atoms with van der Waals surface area (Å²) in [4.78, 5) is 12.5. The van der Waals surface area contributed by atoms with E-state index >= 15 is 0 Å². The van der Waals surface area contributed by atoms with Crippen LogP contribution in [0.2, 0.25) is 0 Å². The Hall–Kier alpha value is -2.42. The standard InChI is InChI=1S/C20H19BrN2O4S/c1-23(2)28(25,26)18-5-3-4-15(12-18)20(24)22-13-17-10-11-19(27-17)14-6-8-16(21)9-7-14/h3-12H,13H2,1-2H3,(H,22,24). The van der Waals surface area contributed by atoms with E-state index in [1.54, 1.807) is 18.2 Å². The van der Waals surface area contributed by atoms with Crippen LogP contribution in [-0.4, -0.2) is 32.7 Å². The lowest BCUT2D eigenvalue weighted by molar-refractivity contribution is 0.0948. The van der Waals surface area contributed by atoms with Crippen LogP contribution in [0, 0.1) is 0 Å². The Morgan fingerprint density at radius 3 is 2.46 bits per heavy atom. The average molecular weight is 463 g/mol. The maximum Gasteiger partial charge on any atom is 0.251 e. The molecule has 0 saturated carbocycles. The van der Waals surface area contributed by atoms with Gasteiger partial charge in [-0.05, 0) is 42.5 Å². The summed E-state index contributed by atoms with van der Waals surface area (Å²) >= 11 is 3.39. The van der Waals surface area contributed by atoms with Crippen molar-refractivity contribution in [3.8, 4) is 11.3 Å². The first-order valence-electron chi connectivity index (χ1n) is 8.43. The summed E-state index contributed by atoms with van der Waals surface area (Å²) in [6.45, 7) is 0.194. The Bertz CT molecular complexity index is 1090. The molecule has 146 valence electrons. The molecule has 1 amide bonds. The number of nitrogens with one attached hydrogen (secondary N) is 1. The maximum atomic E-state index is 12.4. The summed E-state index contributed by atoms with van der Waals surface area (Å²) in [6, 6.07) is 17.3. The van der Waals surface area contributed by atoms with Gasteiger partial charge in [0.05, 0.1) is 11.4 Å². The lowest BCUT2D eigenvalue weighted by atomic mass is 10.2. The van der Waals surface area contributed by atoms with Gasteiger partial charge < -0.3 is 9.73 Å². The van der Waals surface area contributed by atoms with E-state index in [4.69, 9.17) is 4.42 Å². The van der Waals surface area contributed by atoms with Crippen molar-refractivity contribution in [2.45, 2.75) is 11.4 Å². The molecule has 1 heterocycles. The first-order valence-corrected chi connectivity index (χ1v) is 10.7. The number of rotatable bonds is 6. The molecule has 0 radical (unpaired) electrons. The molecular weight excluding hydrogens is 444 g/mol. The van der Waals surface area contributed by atoms with Crippen LogP contribution in [0.5, 0.6) is 0 Å². The Kier molecular flexibility index (Phi) is 6.02. The van der Waals surface area contributed by atoms with Gasteiger partial charge in [-0.2, -0.15) is 0 Å². The van der Waals surface area contributed by atoms with Crippen LogP contribution in [0.25, 0.3) is 11.3 Å². The summed E-state index contributed by atoms with van der Waals surface area (Å²) in [5.74, 6) is 0.927. The fourth-order valence-corrected chi connectivity index (χ4v) is 3.73. The molecule has 0 saturated heterocycles. The molecule has 6 nitrogen and oxygen atoms in total. The molecule has 8 heteroatoms. The van der Waals surface area contributed by atoms with E-state index in [-0.39, 0.29) is 22.9 Å². The first-order chi connectivity index (χ1) is 13.3. The maximum absolute atomic E-state index is 12.4. The molecule has 0 fully saturated rings. The van der Waals surface area contributed by atoms with Gasteiger partial charge in [-0.15, -0.1) is 0 Å². The molecule has 0 atom stereocenters. The number of halogens is 1. The molecule has 1 N–H and O–H groups in total. The number of furan rings is 1. The van der Waals surface area contributed by atoms with E-state index in [0.717, 1.165) is 14.3 Å². The molecule has 3 rings (SSSR count). The van der Waals surface area contributed by atoms with Crippen LogP contribution in [0.3, 0.4) is 0 Å². The summed E-state index contributed by atoms with van der Waals surface area (Å²) in [6.07, 6.45) is 0. The summed E-state index contributed by atoms with van der Waals surface area (Å²) in [7, 11) is -0.706. The first kappa shape index (κ1) is 20.3. The van der Waals surface area contributed by atoms with E-state index in [9.17, 15) is 13.2 Å². The summed E-state index contributed by atoms with van der Waals surface area (Å²) in [5, 5.41) is 2.75. The van der Waals surface area contributed by atoms with Crippen LogP contribution >= 0.6 is 15.9 Å². The minimum atomic E-state index is -3.60. The normalized spacial score (nSPS) is 11.6. The van der Waals surface area contributed by atoms with Crippen LogP contribution in [0.15, 0.2) is 74.4 Å². The highest BCUT2D eigenvalue weighted by atomic mass is 79.9. The van der Waals surface area contributed by atoms with Gasteiger partial charge in [0.2, 0.25) is 10.0 Å². The smallest absolute Gasteiger partial charge is 0.251 e. The average Bonchev–Trinajstić information content (AvgIpc) is 3.15. The van der Waals surface area contributed by atoms with E-state index < -0.39 is 10.0 Å². The van der Waals surface area contributed by atoms with Crippen molar-refractivity contribution in [1.29, 1.82) is 0 Å². The molecule has 0 aliphatic heterocycles. The molecule has 0 unspecified atom stereocenters. The van der Waals surface area contributed by atoms with Crippen LogP contribution in [0.4, 0.5) is 0 Å². The minimum Gasteiger partial charge on any atom is -0.459 e. The monoisotopic (exact) mass is 462 g/mol. The quantitative estimate of drug-likeness (QED) is 0.602. The van der Waals surface area contributed by atoms with Gasteiger partial charge in [0.25, 0.3) is 5.91 Å². The Labute approximate surface area is 172 Å². The molecular formula is C20H19BrN2O4S. The SMILES string of the molecule is CN(C)S(=O)(=O)c1cccc(C(=O)NCc2ccc(-c3ccc(Br)cc3)o2)c1. The zero-order valence-electron chi connectivity index (χ0n) is 15.3. The van der Waals surface area contributed by atoms with E-state index in [2.05, 4.69) is 21.2 Å². The van der Waals surface area contributed by atoms with Crippen LogP contribution in [-0.2, 0) is 16.6 Å². The number of benzene rings is 2. The number of carbonyl (C=O) groups is 1. The summed E-state index contributed by atoms with van der Waals surface area (Å²) < 4.78 is 32.3. The van der Waals surface area contributed by atoms with Crippen molar-refractivity contribution in [2.24, 2.45) is 0 Å². The predicted octanol–water partition coefficient (Wildman–Crippen LogP) is 3.89. The Morgan fingerprint density at radius 1 is 1.07 bits per heavy atom. The number of hydrogen-bond donors (Lipinski definition) is 1. The highest BCUT2D eigenvalue weighted by molar-refractivity contribution is 9.10. The number of nitrogens with zero attached hydrogens (tertiary/aromatic N) is 1. The highest BCUT2D eigenvalue weighted by Crippen LogP contribution is 2.24. The Balaban J connectivity index is 1.69. The van der Waals surface area contributed by atoms with Crippen molar-refractivity contribution >= 4 is 31.9 Å². The van der Waals surface area contributed by atoms with Gasteiger partial charge in [0, 0.05) is 29.7 Å². The summed E-state index contributed by atoms with van der Waals surface area (Å²) in [5.41, 5.74) is 1.20. The highest BCUT2D eigenvalue weighted by Gasteiger charge is 2.18. The molecule has 2 aromatic carbocycles. The Morgan fingerprint density at radius 2 is 1.79 bits per heavy atom. The zero-order valence-corrected chi connectivity index (χ0v) is 17.7. The lowest BCUT2D eigenvalue weighted by Crippen LogP contribution is -2.25. The van der Waals surface area contributed by atoms with E-state index in [1.807, 2.05) is 30.3 Å². The van der Waals surface area contributed by atoms with Gasteiger partial charge in [-0.1, -0.05) is 34.1 Å². The van der Waals surface area contributed by atoms with Crippen molar-refractivity contribution in [3.63, 3.8) is 0 Å². The minimum absolute atomic E-state index is 0.0701. The molecule has 0 spiro atoms. The van der Waals surface area contributed by atoms with Crippen molar-refractivity contribution < 1.29 is 17.6 Å². The number of amides is 1. The fourth-order valence-electron chi connectivity index (χ4n) is 2.52. The van der Waals surface area contributed by atoms with Crippen LogP contribution < -0.4 is 5.32 Å². The molecule has 0 aliphatic rings. The van der Waals surface area contributed by atoms with E-state index in [0.29, 0.717) is 11.5 Å². The third-order valence-corrected chi connectivity index (χ3v) is 6.43. The lowest BCUT2D eigenvalue weighted by Gasteiger charge is -2.12. The van der Waals surface area contributed by atoms with Gasteiger partial charge in [0.15, 0.2) is 0 Å². The third kappa shape index (κ3) is 4.52. The largest absolute Gasteiger partial charge is 0.459 e. The number of sulfonamides is 1.